The van der Waals surface area contributed by atoms with Crippen molar-refractivity contribution in [3.63, 3.8) is 0 Å². The summed E-state index contributed by atoms with van der Waals surface area (Å²) in [6, 6.07) is 7.90. The van der Waals surface area contributed by atoms with Crippen molar-refractivity contribution in [2.45, 2.75) is 25.4 Å². The van der Waals surface area contributed by atoms with Crippen LogP contribution in [0.5, 0.6) is 0 Å². The van der Waals surface area contributed by atoms with Crippen LogP contribution in [0, 0.1) is 0 Å². The summed E-state index contributed by atoms with van der Waals surface area (Å²) in [5, 5.41) is 20.5. The number of aliphatic hydroxyl groups is 2. The molecule has 3 heteroatoms. The van der Waals surface area contributed by atoms with Gasteiger partial charge in [-0.15, -0.1) is 0 Å². The molecule has 2 rings (SSSR count). The first-order valence-corrected chi connectivity index (χ1v) is 5.43. The maximum atomic E-state index is 10.0. The molecular weight excluding hydrogens is 202 g/mol. The van der Waals surface area contributed by atoms with Gasteiger partial charge in [0.15, 0.2) is 0 Å². The molecule has 0 aliphatic carbocycles. The van der Waals surface area contributed by atoms with Crippen LogP contribution in [-0.4, -0.2) is 27.4 Å². The largest absolute Gasteiger partial charge is 0.396 e. The number of aromatic nitrogens is 1. The van der Waals surface area contributed by atoms with Gasteiger partial charge in [-0.2, -0.15) is 0 Å². The van der Waals surface area contributed by atoms with E-state index in [0.717, 1.165) is 16.5 Å². The summed E-state index contributed by atoms with van der Waals surface area (Å²) in [7, 11) is 0. The zero-order valence-electron chi connectivity index (χ0n) is 9.57. The number of para-hydroxylation sites is 1. The summed E-state index contributed by atoms with van der Waals surface area (Å²) in [6.45, 7) is 3.37. The van der Waals surface area contributed by atoms with E-state index in [1.54, 1.807) is 13.8 Å². The number of benzene rings is 1. The standard InChI is InChI=1S/C13H17NO2/c1-13(2,16)11(8-15)10-7-14-12-6-4-3-5-9(10)12/h3-7,11,14-16H,8H2,1-2H3. The number of rotatable bonds is 3. The fraction of sp³-hybridized carbons (Fsp3) is 0.385. The average molecular weight is 219 g/mol. The van der Waals surface area contributed by atoms with Crippen molar-refractivity contribution in [2.75, 3.05) is 6.61 Å². The summed E-state index contributed by atoms with van der Waals surface area (Å²) in [5.41, 5.74) is 1.06. The van der Waals surface area contributed by atoms with E-state index in [0.29, 0.717) is 0 Å². The second-order valence-corrected chi connectivity index (χ2v) is 4.68. The highest BCUT2D eigenvalue weighted by Crippen LogP contribution is 2.32. The molecule has 0 amide bonds. The Balaban J connectivity index is 2.54. The molecule has 0 saturated carbocycles. The van der Waals surface area contributed by atoms with Crippen molar-refractivity contribution in [3.8, 4) is 0 Å². The molecule has 0 aliphatic rings. The van der Waals surface area contributed by atoms with Gasteiger partial charge in [0.05, 0.1) is 12.2 Å². The molecule has 1 atom stereocenters. The number of hydrogen-bond donors (Lipinski definition) is 3. The number of H-pyrrole nitrogens is 1. The lowest BCUT2D eigenvalue weighted by atomic mass is 9.85. The minimum Gasteiger partial charge on any atom is -0.396 e. The summed E-state index contributed by atoms with van der Waals surface area (Å²) >= 11 is 0. The summed E-state index contributed by atoms with van der Waals surface area (Å²) in [4.78, 5) is 3.15. The molecule has 0 spiro atoms. The normalized spacial score (nSPS) is 14.2. The highest BCUT2D eigenvalue weighted by molar-refractivity contribution is 5.83. The van der Waals surface area contributed by atoms with Gasteiger partial charge in [-0.25, -0.2) is 0 Å². The third kappa shape index (κ3) is 1.84. The van der Waals surface area contributed by atoms with Crippen LogP contribution in [0.1, 0.15) is 25.3 Å². The second-order valence-electron chi connectivity index (χ2n) is 4.68. The van der Waals surface area contributed by atoms with Crippen LogP contribution < -0.4 is 0 Å². The zero-order valence-corrected chi connectivity index (χ0v) is 9.57. The van der Waals surface area contributed by atoms with Gasteiger partial charge in [-0.05, 0) is 25.5 Å². The fourth-order valence-electron chi connectivity index (χ4n) is 2.08. The molecule has 3 N–H and O–H groups in total. The first-order chi connectivity index (χ1) is 7.54. The van der Waals surface area contributed by atoms with Gasteiger partial charge in [0, 0.05) is 23.0 Å². The van der Waals surface area contributed by atoms with E-state index < -0.39 is 5.60 Å². The van der Waals surface area contributed by atoms with Crippen LogP contribution in [0.15, 0.2) is 30.5 Å². The Labute approximate surface area is 94.7 Å². The molecular formula is C13H17NO2. The number of fused-ring (bicyclic) bond motifs is 1. The molecule has 86 valence electrons. The van der Waals surface area contributed by atoms with Crippen molar-refractivity contribution >= 4 is 10.9 Å². The van der Waals surface area contributed by atoms with Crippen LogP contribution >= 0.6 is 0 Å². The van der Waals surface area contributed by atoms with E-state index >= 15 is 0 Å². The monoisotopic (exact) mass is 219 g/mol. The molecule has 0 bridgehead atoms. The predicted octanol–water partition coefficient (Wildman–Crippen LogP) is 2.01. The Morgan fingerprint density at radius 1 is 1.31 bits per heavy atom. The minimum atomic E-state index is -0.931. The topological polar surface area (TPSA) is 56.2 Å². The number of nitrogens with one attached hydrogen (secondary N) is 1. The van der Waals surface area contributed by atoms with Gasteiger partial charge in [0.2, 0.25) is 0 Å². The van der Waals surface area contributed by atoms with Crippen molar-refractivity contribution in [1.29, 1.82) is 0 Å². The Morgan fingerprint density at radius 2 is 2.00 bits per heavy atom. The van der Waals surface area contributed by atoms with Crippen LogP contribution in [0.2, 0.25) is 0 Å². The zero-order chi connectivity index (χ0) is 11.8. The molecule has 1 heterocycles. The first kappa shape index (κ1) is 11.2. The highest BCUT2D eigenvalue weighted by atomic mass is 16.3. The lowest BCUT2D eigenvalue weighted by Gasteiger charge is -2.27. The molecule has 0 radical (unpaired) electrons. The van der Waals surface area contributed by atoms with Gasteiger partial charge in [0.1, 0.15) is 0 Å². The number of aliphatic hydroxyl groups excluding tert-OH is 1. The average Bonchev–Trinajstić information content (AvgIpc) is 2.61. The van der Waals surface area contributed by atoms with Gasteiger partial charge >= 0.3 is 0 Å². The van der Waals surface area contributed by atoms with E-state index in [2.05, 4.69) is 4.98 Å². The lowest BCUT2D eigenvalue weighted by molar-refractivity contribution is 0.0277. The molecule has 1 unspecified atom stereocenters. The third-order valence-corrected chi connectivity index (χ3v) is 3.03. The molecule has 1 aromatic heterocycles. The molecule has 1 aromatic carbocycles. The van der Waals surface area contributed by atoms with E-state index in [-0.39, 0.29) is 12.5 Å². The third-order valence-electron chi connectivity index (χ3n) is 3.03. The molecule has 0 aliphatic heterocycles. The van der Waals surface area contributed by atoms with E-state index in [4.69, 9.17) is 0 Å². The van der Waals surface area contributed by atoms with Gasteiger partial charge in [-0.1, -0.05) is 18.2 Å². The quantitative estimate of drug-likeness (QED) is 0.739. The molecule has 0 fully saturated rings. The Kier molecular flexibility index (Phi) is 2.74. The SMILES string of the molecule is CC(C)(O)C(CO)c1c[nH]c2ccccc12. The number of hydrogen-bond acceptors (Lipinski definition) is 2. The van der Waals surface area contributed by atoms with Crippen molar-refractivity contribution in [1.82, 2.24) is 4.98 Å². The van der Waals surface area contributed by atoms with Crippen LogP contribution in [0.25, 0.3) is 10.9 Å². The van der Waals surface area contributed by atoms with Crippen LogP contribution in [0.4, 0.5) is 0 Å². The van der Waals surface area contributed by atoms with Crippen LogP contribution in [-0.2, 0) is 0 Å². The second kappa shape index (κ2) is 3.92. The maximum absolute atomic E-state index is 10.0. The summed E-state index contributed by atoms with van der Waals surface area (Å²) in [6.07, 6.45) is 1.86. The predicted molar refractivity (Wildman–Crippen MR) is 64.4 cm³/mol. The Hall–Kier alpha value is -1.32. The molecule has 3 nitrogen and oxygen atoms in total. The van der Waals surface area contributed by atoms with Crippen molar-refractivity contribution in [2.24, 2.45) is 0 Å². The summed E-state index contributed by atoms with van der Waals surface area (Å²) < 4.78 is 0. The van der Waals surface area contributed by atoms with Gasteiger partial charge in [0.25, 0.3) is 0 Å². The maximum Gasteiger partial charge on any atom is 0.0682 e. The lowest BCUT2D eigenvalue weighted by Crippen LogP contribution is -2.31. The van der Waals surface area contributed by atoms with E-state index in [1.165, 1.54) is 0 Å². The Bertz CT molecular complexity index is 482. The van der Waals surface area contributed by atoms with Gasteiger partial charge in [-0.3, -0.25) is 0 Å². The van der Waals surface area contributed by atoms with E-state index in [9.17, 15) is 10.2 Å². The number of aromatic amines is 1. The van der Waals surface area contributed by atoms with Crippen molar-refractivity contribution < 1.29 is 10.2 Å². The van der Waals surface area contributed by atoms with Gasteiger partial charge < -0.3 is 15.2 Å². The summed E-state index contributed by atoms with van der Waals surface area (Å²) in [5.74, 6) is -0.274. The van der Waals surface area contributed by atoms with Crippen LogP contribution in [0.3, 0.4) is 0 Å². The molecule has 16 heavy (non-hydrogen) atoms. The van der Waals surface area contributed by atoms with Crippen molar-refractivity contribution in [3.05, 3.63) is 36.0 Å². The smallest absolute Gasteiger partial charge is 0.0682 e. The molecule has 2 aromatic rings. The Morgan fingerprint density at radius 3 is 2.62 bits per heavy atom. The van der Waals surface area contributed by atoms with E-state index in [1.807, 2.05) is 30.5 Å². The molecule has 0 saturated heterocycles. The fourth-order valence-corrected chi connectivity index (χ4v) is 2.08. The first-order valence-electron chi connectivity index (χ1n) is 5.43. The minimum absolute atomic E-state index is 0.0641. The highest BCUT2D eigenvalue weighted by Gasteiger charge is 2.29.